The van der Waals surface area contributed by atoms with Crippen LogP contribution in [0.1, 0.15) is 34.9 Å². The number of hydrogen-bond donors (Lipinski definition) is 2. The van der Waals surface area contributed by atoms with Crippen molar-refractivity contribution in [3.8, 4) is 0 Å². The maximum atomic E-state index is 13.4. The van der Waals surface area contributed by atoms with Crippen molar-refractivity contribution < 1.29 is 9.18 Å². The van der Waals surface area contributed by atoms with Crippen molar-refractivity contribution in [3.63, 3.8) is 0 Å². The zero-order valence-corrected chi connectivity index (χ0v) is 17.2. The monoisotopic (exact) mass is 408 g/mol. The van der Waals surface area contributed by atoms with E-state index in [1.807, 2.05) is 17.0 Å². The van der Waals surface area contributed by atoms with Crippen molar-refractivity contribution >= 4 is 6.03 Å². The van der Waals surface area contributed by atoms with Crippen molar-refractivity contribution in [2.75, 3.05) is 45.8 Å². The molecule has 158 valence electrons. The molecular formula is C24H29FN4O. The van der Waals surface area contributed by atoms with Crippen LogP contribution in [0.15, 0.2) is 48.5 Å². The van der Waals surface area contributed by atoms with Crippen molar-refractivity contribution in [2.45, 2.75) is 24.3 Å². The summed E-state index contributed by atoms with van der Waals surface area (Å²) < 4.78 is 13.4. The van der Waals surface area contributed by atoms with Gasteiger partial charge < -0.3 is 15.5 Å². The van der Waals surface area contributed by atoms with E-state index in [1.54, 1.807) is 12.1 Å². The summed E-state index contributed by atoms with van der Waals surface area (Å²) in [6, 6.07) is 16.2. The lowest BCUT2D eigenvalue weighted by Gasteiger charge is -2.37. The number of piperazine rings is 1. The lowest BCUT2D eigenvalue weighted by molar-refractivity contribution is 0.164. The molecule has 5 rings (SSSR count). The molecule has 2 aliphatic heterocycles. The summed E-state index contributed by atoms with van der Waals surface area (Å²) in [5.74, 6) is 0.573. The molecule has 0 aromatic heterocycles. The number of hydrogen-bond acceptors (Lipinski definition) is 3. The Morgan fingerprint density at radius 1 is 0.967 bits per heavy atom. The van der Waals surface area contributed by atoms with Crippen molar-refractivity contribution in [2.24, 2.45) is 0 Å². The number of carbonyl (C=O) groups is 1. The molecule has 2 aromatic carbocycles. The molecule has 1 aliphatic carbocycles. The summed E-state index contributed by atoms with van der Waals surface area (Å²) in [6.07, 6.45) is 1.05. The van der Waals surface area contributed by atoms with Crippen LogP contribution in [0.25, 0.3) is 0 Å². The Bertz CT molecular complexity index is 902. The summed E-state index contributed by atoms with van der Waals surface area (Å²) in [5, 5.41) is 6.63. The Hall–Kier alpha value is -2.44. The SMILES string of the molecule is O=C1NCCN1CCN1CCNC([C@@H]2C[C@@H](c3ccc(F)cc3)c3ccccc32)C1. The smallest absolute Gasteiger partial charge is 0.317 e. The van der Waals surface area contributed by atoms with Gasteiger partial charge in [-0.3, -0.25) is 4.90 Å². The fourth-order valence-corrected chi connectivity index (χ4v) is 5.37. The Morgan fingerprint density at radius 2 is 1.77 bits per heavy atom. The molecule has 0 bridgehead atoms. The number of benzene rings is 2. The number of nitrogens with zero attached hydrogens (tertiary/aromatic N) is 2. The van der Waals surface area contributed by atoms with Crippen molar-refractivity contribution in [1.29, 1.82) is 0 Å². The van der Waals surface area contributed by atoms with E-state index in [-0.39, 0.29) is 11.8 Å². The zero-order valence-electron chi connectivity index (χ0n) is 17.2. The molecule has 30 heavy (non-hydrogen) atoms. The van der Waals surface area contributed by atoms with Crippen LogP contribution in [-0.4, -0.2) is 67.7 Å². The quantitative estimate of drug-likeness (QED) is 0.800. The van der Waals surface area contributed by atoms with Gasteiger partial charge in [0.05, 0.1) is 0 Å². The Morgan fingerprint density at radius 3 is 2.53 bits per heavy atom. The first kappa shape index (κ1) is 19.5. The predicted octanol–water partition coefficient (Wildman–Crippen LogP) is 2.74. The maximum absolute atomic E-state index is 13.4. The van der Waals surface area contributed by atoms with Gasteiger partial charge in [0, 0.05) is 63.7 Å². The average molecular weight is 409 g/mol. The van der Waals surface area contributed by atoms with Gasteiger partial charge >= 0.3 is 6.03 Å². The first-order valence-corrected chi connectivity index (χ1v) is 11.0. The molecule has 1 unspecified atom stereocenters. The summed E-state index contributed by atoms with van der Waals surface area (Å²) in [7, 11) is 0. The molecule has 3 atom stereocenters. The highest BCUT2D eigenvalue weighted by Crippen LogP contribution is 2.46. The van der Waals surface area contributed by atoms with E-state index in [2.05, 4.69) is 39.8 Å². The Kier molecular flexibility index (Phi) is 5.44. The number of nitrogens with one attached hydrogen (secondary N) is 2. The minimum Gasteiger partial charge on any atom is -0.336 e. The molecule has 2 heterocycles. The predicted molar refractivity (Wildman–Crippen MR) is 115 cm³/mol. The summed E-state index contributed by atoms with van der Waals surface area (Å²) >= 11 is 0. The number of rotatable bonds is 5. The van der Waals surface area contributed by atoms with Crippen LogP contribution >= 0.6 is 0 Å². The lowest BCUT2D eigenvalue weighted by Crippen LogP contribution is -2.54. The van der Waals surface area contributed by atoms with Gasteiger partial charge in [0.1, 0.15) is 5.82 Å². The van der Waals surface area contributed by atoms with Gasteiger partial charge in [-0.2, -0.15) is 0 Å². The number of amides is 2. The fraction of sp³-hybridized carbons (Fsp3) is 0.458. The van der Waals surface area contributed by atoms with E-state index >= 15 is 0 Å². The fourth-order valence-electron chi connectivity index (χ4n) is 5.37. The van der Waals surface area contributed by atoms with Gasteiger partial charge in [0.2, 0.25) is 0 Å². The molecular weight excluding hydrogens is 379 g/mol. The Balaban J connectivity index is 1.30. The minimum atomic E-state index is -0.183. The van der Waals surface area contributed by atoms with Gasteiger partial charge in [-0.15, -0.1) is 0 Å². The van der Waals surface area contributed by atoms with E-state index in [4.69, 9.17) is 0 Å². The number of halogens is 1. The van der Waals surface area contributed by atoms with Gasteiger partial charge in [0.25, 0.3) is 0 Å². The second kappa shape index (κ2) is 8.36. The summed E-state index contributed by atoms with van der Waals surface area (Å²) in [6.45, 7) is 6.25. The largest absolute Gasteiger partial charge is 0.336 e. The third-order valence-corrected chi connectivity index (χ3v) is 6.94. The molecule has 2 aromatic rings. The molecule has 5 nitrogen and oxygen atoms in total. The van der Waals surface area contributed by atoms with Crippen LogP contribution in [-0.2, 0) is 0 Å². The second-order valence-electron chi connectivity index (χ2n) is 8.66. The van der Waals surface area contributed by atoms with E-state index in [0.717, 1.165) is 52.2 Å². The van der Waals surface area contributed by atoms with Gasteiger partial charge in [0.15, 0.2) is 0 Å². The summed E-state index contributed by atoms with van der Waals surface area (Å²) in [4.78, 5) is 16.2. The van der Waals surface area contributed by atoms with Gasteiger partial charge in [-0.05, 0) is 35.2 Å². The molecule has 6 heteroatoms. The van der Waals surface area contributed by atoms with Crippen LogP contribution in [0.2, 0.25) is 0 Å². The molecule has 0 spiro atoms. The van der Waals surface area contributed by atoms with Gasteiger partial charge in [-0.1, -0.05) is 36.4 Å². The van der Waals surface area contributed by atoms with E-state index in [9.17, 15) is 9.18 Å². The first-order chi connectivity index (χ1) is 14.7. The third-order valence-electron chi connectivity index (χ3n) is 6.94. The third kappa shape index (κ3) is 3.82. The van der Waals surface area contributed by atoms with Crippen molar-refractivity contribution in [3.05, 3.63) is 71.0 Å². The first-order valence-electron chi connectivity index (χ1n) is 11.0. The highest BCUT2D eigenvalue weighted by atomic mass is 19.1. The van der Waals surface area contributed by atoms with E-state index < -0.39 is 0 Å². The van der Waals surface area contributed by atoms with E-state index in [1.165, 1.54) is 16.7 Å². The minimum absolute atomic E-state index is 0.0635. The van der Waals surface area contributed by atoms with Crippen LogP contribution < -0.4 is 10.6 Å². The molecule has 2 fully saturated rings. The number of fused-ring (bicyclic) bond motifs is 1. The molecule has 3 aliphatic rings. The standard InChI is InChI=1S/C24H29FN4O/c25-18-7-5-17(6-8-18)21-15-22(20-4-2-1-3-19(20)21)23-16-28(11-9-26-23)13-14-29-12-10-27-24(29)30/h1-8,21-23,26H,9-16H2,(H,27,30)/t21-,22+,23?/m0/s1. The average Bonchev–Trinajstić information content (AvgIpc) is 3.37. The zero-order chi connectivity index (χ0) is 20.5. The second-order valence-corrected chi connectivity index (χ2v) is 8.66. The highest BCUT2D eigenvalue weighted by Gasteiger charge is 2.38. The van der Waals surface area contributed by atoms with Crippen LogP contribution in [0.3, 0.4) is 0 Å². The Labute approximate surface area is 177 Å². The topological polar surface area (TPSA) is 47.6 Å². The molecule has 0 saturated carbocycles. The molecule has 2 saturated heterocycles. The molecule has 0 radical (unpaired) electrons. The van der Waals surface area contributed by atoms with Crippen LogP contribution in [0.5, 0.6) is 0 Å². The van der Waals surface area contributed by atoms with Gasteiger partial charge in [-0.25, -0.2) is 9.18 Å². The van der Waals surface area contributed by atoms with Crippen molar-refractivity contribution in [1.82, 2.24) is 20.4 Å². The maximum Gasteiger partial charge on any atom is 0.317 e. The highest BCUT2D eigenvalue weighted by molar-refractivity contribution is 5.76. The summed E-state index contributed by atoms with van der Waals surface area (Å²) in [5.41, 5.74) is 3.99. The number of urea groups is 1. The molecule has 2 amide bonds. The number of carbonyl (C=O) groups excluding carboxylic acids is 1. The molecule has 2 N–H and O–H groups in total. The van der Waals surface area contributed by atoms with Crippen LogP contribution in [0.4, 0.5) is 9.18 Å². The van der Waals surface area contributed by atoms with Crippen LogP contribution in [0, 0.1) is 5.82 Å². The lowest BCUT2D eigenvalue weighted by atomic mass is 9.89. The van der Waals surface area contributed by atoms with E-state index in [0.29, 0.717) is 17.9 Å². The normalized spacial score (nSPS) is 26.6.